The smallest absolute Gasteiger partial charge is 0.335 e. The molecule has 18 heavy (non-hydrogen) atoms. The molecule has 96 valence electrons. The second-order valence-electron chi connectivity index (χ2n) is 4.68. The number of rotatable bonds is 2. The average molecular weight is 248 g/mol. The molecule has 1 aromatic carbocycles. The summed E-state index contributed by atoms with van der Waals surface area (Å²) < 4.78 is 0. The lowest BCUT2D eigenvalue weighted by Crippen LogP contribution is -2.46. The van der Waals surface area contributed by atoms with Crippen LogP contribution in [0.5, 0.6) is 0 Å². The van der Waals surface area contributed by atoms with Gasteiger partial charge in [-0.05, 0) is 32.0 Å². The molecule has 0 radical (unpaired) electrons. The molecule has 0 fully saturated rings. The molecule has 0 unspecified atom stereocenters. The summed E-state index contributed by atoms with van der Waals surface area (Å²) in [5.74, 6) is -0.944. The van der Waals surface area contributed by atoms with Crippen molar-refractivity contribution >= 4 is 23.3 Å². The van der Waals surface area contributed by atoms with Crippen molar-refractivity contribution in [1.82, 2.24) is 0 Å². The van der Waals surface area contributed by atoms with Crippen LogP contribution in [0.3, 0.4) is 0 Å². The largest absolute Gasteiger partial charge is 0.478 e. The number of nitrogens with zero attached hydrogens (tertiary/aromatic N) is 2. The van der Waals surface area contributed by atoms with Crippen LogP contribution in [-0.2, 0) is 4.79 Å². The third-order valence-electron chi connectivity index (χ3n) is 3.20. The van der Waals surface area contributed by atoms with Crippen LogP contribution < -0.4 is 9.80 Å². The van der Waals surface area contributed by atoms with E-state index in [2.05, 4.69) is 0 Å². The van der Waals surface area contributed by atoms with Gasteiger partial charge in [0.25, 0.3) is 0 Å². The first-order chi connectivity index (χ1) is 8.41. The zero-order chi connectivity index (χ0) is 13.4. The van der Waals surface area contributed by atoms with Crippen molar-refractivity contribution in [3.63, 3.8) is 0 Å². The zero-order valence-electron chi connectivity index (χ0n) is 10.7. The molecule has 1 heterocycles. The number of aromatic carboxylic acids is 1. The van der Waals surface area contributed by atoms with Gasteiger partial charge in [0.1, 0.15) is 0 Å². The van der Waals surface area contributed by atoms with Crippen LogP contribution in [-0.4, -0.2) is 36.6 Å². The molecule has 0 aromatic heterocycles. The molecule has 1 N–H and O–H groups in total. The third kappa shape index (κ3) is 1.92. The number of hydrogen-bond donors (Lipinski definition) is 1. The van der Waals surface area contributed by atoms with Gasteiger partial charge in [-0.15, -0.1) is 0 Å². The summed E-state index contributed by atoms with van der Waals surface area (Å²) in [7, 11) is 1.71. The van der Waals surface area contributed by atoms with E-state index in [1.54, 1.807) is 24.1 Å². The van der Waals surface area contributed by atoms with E-state index in [4.69, 9.17) is 5.11 Å². The monoisotopic (exact) mass is 248 g/mol. The van der Waals surface area contributed by atoms with Gasteiger partial charge in [-0.3, -0.25) is 4.79 Å². The summed E-state index contributed by atoms with van der Waals surface area (Å²) in [6, 6.07) is 4.98. The minimum atomic E-state index is -0.957. The van der Waals surface area contributed by atoms with E-state index in [0.29, 0.717) is 0 Å². The maximum atomic E-state index is 11.9. The van der Waals surface area contributed by atoms with Crippen molar-refractivity contribution in [1.29, 1.82) is 0 Å². The quantitative estimate of drug-likeness (QED) is 0.863. The summed E-state index contributed by atoms with van der Waals surface area (Å²) in [6.07, 6.45) is 0. The van der Waals surface area contributed by atoms with Gasteiger partial charge in [0.05, 0.1) is 23.5 Å². The van der Waals surface area contributed by atoms with E-state index >= 15 is 0 Å². The van der Waals surface area contributed by atoms with Crippen molar-refractivity contribution < 1.29 is 14.7 Å². The van der Waals surface area contributed by atoms with Crippen molar-refractivity contribution in [3.05, 3.63) is 23.8 Å². The number of fused-ring (bicyclic) bond motifs is 1. The summed E-state index contributed by atoms with van der Waals surface area (Å²) in [5.41, 5.74) is 1.79. The molecule has 0 atom stereocenters. The molecule has 1 aromatic rings. The van der Waals surface area contributed by atoms with Crippen LogP contribution in [0.15, 0.2) is 18.2 Å². The van der Waals surface area contributed by atoms with Gasteiger partial charge in [-0.1, -0.05) is 0 Å². The Balaban J connectivity index is 2.56. The van der Waals surface area contributed by atoms with Crippen molar-refractivity contribution in [2.45, 2.75) is 19.9 Å². The van der Waals surface area contributed by atoms with E-state index in [1.807, 2.05) is 18.7 Å². The number of carboxylic acids is 1. The molecule has 5 heteroatoms. The summed E-state index contributed by atoms with van der Waals surface area (Å²) >= 11 is 0. The molecule has 0 bridgehead atoms. The minimum absolute atomic E-state index is 0.0132. The predicted octanol–water partition coefficient (Wildman–Crippen LogP) is 1.58. The summed E-state index contributed by atoms with van der Waals surface area (Å²) in [6.45, 7) is 4.25. The van der Waals surface area contributed by atoms with Gasteiger partial charge in [0.2, 0.25) is 5.91 Å². The Morgan fingerprint density at radius 1 is 1.33 bits per heavy atom. The number of carbonyl (C=O) groups is 2. The molecule has 2 rings (SSSR count). The third-order valence-corrected chi connectivity index (χ3v) is 3.20. The first-order valence-corrected chi connectivity index (χ1v) is 5.82. The van der Waals surface area contributed by atoms with Gasteiger partial charge in [-0.25, -0.2) is 4.79 Å². The second-order valence-corrected chi connectivity index (χ2v) is 4.68. The highest BCUT2D eigenvalue weighted by Crippen LogP contribution is 2.34. The first-order valence-electron chi connectivity index (χ1n) is 5.82. The zero-order valence-corrected chi connectivity index (χ0v) is 10.7. The number of carboxylic acid groups (broad SMARTS) is 1. The number of likely N-dealkylation sites (N-methyl/N-ethyl adjacent to an activating group) is 1. The maximum Gasteiger partial charge on any atom is 0.335 e. The second kappa shape index (κ2) is 4.33. The van der Waals surface area contributed by atoms with Crippen molar-refractivity contribution in [2.24, 2.45) is 0 Å². The molecule has 0 aliphatic carbocycles. The standard InChI is InChI=1S/C13H16N2O3/c1-8(2)15-7-12(16)14(3)10-5-4-9(13(17)18)6-11(10)15/h4-6,8H,7H2,1-3H3,(H,17,18). The van der Waals surface area contributed by atoms with Gasteiger partial charge in [0.15, 0.2) is 0 Å². The highest BCUT2D eigenvalue weighted by Gasteiger charge is 2.28. The maximum absolute atomic E-state index is 11.9. The fraction of sp³-hybridized carbons (Fsp3) is 0.385. The first kappa shape index (κ1) is 12.4. The Hall–Kier alpha value is -2.04. The number of benzene rings is 1. The Kier molecular flexibility index (Phi) is 2.98. The van der Waals surface area contributed by atoms with Crippen LogP contribution in [0.1, 0.15) is 24.2 Å². The van der Waals surface area contributed by atoms with E-state index in [1.165, 1.54) is 6.07 Å². The highest BCUT2D eigenvalue weighted by molar-refractivity contribution is 6.04. The number of amides is 1. The Bertz CT molecular complexity index is 511. The van der Waals surface area contributed by atoms with Crippen LogP contribution in [0.2, 0.25) is 0 Å². The summed E-state index contributed by atoms with van der Waals surface area (Å²) in [4.78, 5) is 26.4. The van der Waals surface area contributed by atoms with Crippen LogP contribution in [0, 0.1) is 0 Å². The molecule has 5 nitrogen and oxygen atoms in total. The highest BCUT2D eigenvalue weighted by atomic mass is 16.4. The van der Waals surface area contributed by atoms with Gasteiger partial charge in [0, 0.05) is 13.1 Å². The molecule has 1 aliphatic heterocycles. The van der Waals surface area contributed by atoms with Crippen LogP contribution in [0.25, 0.3) is 0 Å². The topological polar surface area (TPSA) is 60.9 Å². The van der Waals surface area contributed by atoms with E-state index in [-0.39, 0.29) is 24.1 Å². The van der Waals surface area contributed by atoms with Crippen LogP contribution in [0.4, 0.5) is 11.4 Å². The molecular weight excluding hydrogens is 232 g/mol. The molecule has 0 spiro atoms. The number of anilines is 2. The Labute approximate surface area is 106 Å². The summed E-state index contributed by atoms with van der Waals surface area (Å²) in [5, 5.41) is 9.03. The van der Waals surface area contributed by atoms with E-state index in [0.717, 1.165) is 11.4 Å². The van der Waals surface area contributed by atoms with Crippen molar-refractivity contribution in [3.8, 4) is 0 Å². The number of carbonyl (C=O) groups excluding carboxylic acids is 1. The van der Waals surface area contributed by atoms with Gasteiger partial charge in [-0.2, -0.15) is 0 Å². The lowest BCUT2D eigenvalue weighted by Gasteiger charge is -2.38. The van der Waals surface area contributed by atoms with Crippen molar-refractivity contribution in [2.75, 3.05) is 23.4 Å². The van der Waals surface area contributed by atoms with Gasteiger partial charge < -0.3 is 14.9 Å². The molecular formula is C13H16N2O3. The van der Waals surface area contributed by atoms with Crippen LogP contribution >= 0.6 is 0 Å². The van der Waals surface area contributed by atoms with E-state index in [9.17, 15) is 9.59 Å². The lowest BCUT2D eigenvalue weighted by molar-refractivity contribution is -0.117. The molecule has 1 aliphatic rings. The lowest BCUT2D eigenvalue weighted by atomic mass is 10.1. The van der Waals surface area contributed by atoms with E-state index < -0.39 is 5.97 Å². The Morgan fingerprint density at radius 3 is 2.56 bits per heavy atom. The molecule has 1 amide bonds. The average Bonchev–Trinajstić information content (AvgIpc) is 2.32. The fourth-order valence-electron chi connectivity index (χ4n) is 2.10. The van der Waals surface area contributed by atoms with Gasteiger partial charge >= 0.3 is 5.97 Å². The molecule has 0 saturated heterocycles. The fourth-order valence-corrected chi connectivity index (χ4v) is 2.10. The minimum Gasteiger partial charge on any atom is -0.478 e. The molecule has 0 saturated carbocycles. The Morgan fingerprint density at radius 2 is 2.00 bits per heavy atom. The predicted molar refractivity (Wildman–Crippen MR) is 69.3 cm³/mol. The normalized spacial score (nSPS) is 15.0. The SMILES string of the molecule is CC(C)N1CC(=O)N(C)c2ccc(C(=O)O)cc21. The number of hydrogen-bond acceptors (Lipinski definition) is 3.